The second kappa shape index (κ2) is 19.3. The summed E-state index contributed by atoms with van der Waals surface area (Å²) in [7, 11) is -10.7. The summed E-state index contributed by atoms with van der Waals surface area (Å²) in [5.41, 5.74) is 4.59. The average Bonchev–Trinajstić information content (AvgIpc) is 3.20. The molecule has 0 N–H and O–H groups in total. The summed E-state index contributed by atoms with van der Waals surface area (Å²) in [4.78, 5) is -3.99. The topological polar surface area (TPSA) is 86.7 Å². The molecule has 0 atom stereocenters. The van der Waals surface area contributed by atoms with E-state index in [-0.39, 0.29) is 0 Å². The van der Waals surface area contributed by atoms with Crippen molar-refractivity contribution in [2.75, 3.05) is 0 Å². The molecule has 0 fully saturated rings. The Morgan fingerprint density at radius 3 is 0.839 bits per heavy atom. The second-order valence-corrected chi connectivity index (χ2v) is 25.9. The van der Waals surface area contributed by atoms with Gasteiger partial charge in [0.1, 0.15) is 0 Å². The van der Waals surface area contributed by atoms with E-state index in [1.807, 2.05) is 13.8 Å². The predicted molar refractivity (Wildman–Crippen MR) is 226 cm³/mol. The fourth-order valence-corrected chi connectivity index (χ4v) is 21.4. The summed E-state index contributed by atoms with van der Waals surface area (Å²) in [6, 6.07) is 23.5. The van der Waals surface area contributed by atoms with Gasteiger partial charge < -0.3 is 0 Å². The Morgan fingerprint density at radius 1 is 0.371 bits per heavy atom. The van der Waals surface area contributed by atoms with Gasteiger partial charge in [0.25, 0.3) is 0 Å². The number of hydrogen-bond acceptors (Lipinski definition) is 6. The molecule has 0 aliphatic carbocycles. The molecule has 0 unspecified atom stereocenters. The molecule has 332 valence electrons. The quantitative estimate of drug-likeness (QED) is 0.0588. The molecule has 0 heterocycles. The van der Waals surface area contributed by atoms with Crippen LogP contribution in [0.3, 0.4) is 0 Å². The zero-order chi connectivity index (χ0) is 46.2. The number of hydrogen-bond donors (Lipinski definition) is 0. The maximum absolute atomic E-state index is 14.2. The number of aryl methyl sites for hydroxylation is 6. The van der Waals surface area contributed by atoms with Crippen LogP contribution in [-0.2, 0) is 25.3 Å². The van der Waals surface area contributed by atoms with Crippen molar-refractivity contribution in [3.63, 3.8) is 0 Å². The van der Waals surface area contributed by atoms with Crippen LogP contribution in [0.15, 0.2) is 94.7 Å². The number of benzene rings is 6. The maximum atomic E-state index is 14.2. The molecule has 0 saturated carbocycles. The minimum absolute atomic E-state index is 0.467. The standard InChI is InChI=1S/2C21H16F5IO3S/c2*1-11-9-12(2)20(13(3)10-11)27(14-7-5-4-6-8-14)30-31(28,29)21-18(25)16(23)15(22)17(24)19(21)26/h2*4-10H,1-3H3. The molecule has 0 bridgehead atoms. The second-order valence-electron chi connectivity index (χ2n) is 13.3. The Labute approximate surface area is 366 Å². The third-order valence-corrected chi connectivity index (χ3v) is 24.9. The predicted octanol–water partition coefficient (Wildman–Crippen LogP) is 12.3. The van der Waals surface area contributed by atoms with Gasteiger partial charge in [-0.3, -0.25) is 0 Å². The molecule has 0 spiro atoms. The van der Waals surface area contributed by atoms with Gasteiger partial charge in [-0.05, 0) is 0 Å². The molecule has 0 aliphatic heterocycles. The van der Waals surface area contributed by atoms with E-state index in [4.69, 9.17) is 5.03 Å². The molecule has 20 heteroatoms. The van der Waals surface area contributed by atoms with E-state index >= 15 is 0 Å². The SMILES string of the molecule is Cc1cc(C)c(I(OS(=O)(=O)c2c(F)c(F)c(F)c(F)c2F)c2ccccc2)c(C)c1.Cc1cc(C)c(I(OS(=O)(=O)c2c(F)c(F)c(F)c(F)c2F)c2ccccc2)c(C)c1. The van der Waals surface area contributed by atoms with Crippen molar-refractivity contribution >= 4 is 60.7 Å². The first-order valence-electron chi connectivity index (χ1n) is 17.5. The third-order valence-electron chi connectivity index (χ3n) is 8.50. The van der Waals surface area contributed by atoms with E-state index in [9.17, 15) is 60.7 Å². The molecule has 0 radical (unpaired) electrons. The average molecular weight is 1140 g/mol. The van der Waals surface area contributed by atoms with Crippen LogP contribution < -0.4 is 0 Å². The van der Waals surface area contributed by atoms with E-state index in [1.165, 1.54) is 0 Å². The van der Waals surface area contributed by atoms with Crippen LogP contribution in [0.1, 0.15) is 33.4 Å². The Bertz CT molecular complexity index is 2620. The molecule has 0 aliphatic rings. The van der Waals surface area contributed by atoms with Crippen molar-refractivity contribution in [2.24, 2.45) is 0 Å². The van der Waals surface area contributed by atoms with Gasteiger partial charge >= 0.3 is 369 Å². The van der Waals surface area contributed by atoms with Crippen LogP contribution in [0.5, 0.6) is 0 Å². The minimum atomic E-state index is -5.35. The summed E-state index contributed by atoms with van der Waals surface area (Å²) in [5, 5.41) is 0. The molecule has 62 heavy (non-hydrogen) atoms. The fraction of sp³-hybridized carbons (Fsp3) is 0.143. The van der Waals surface area contributed by atoms with Crippen LogP contribution in [0.25, 0.3) is 0 Å². The molecule has 6 aromatic rings. The zero-order valence-corrected chi connectivity index (χ0v) is 38.8. The Hall–Kier alpha value is -4.10. The molecular weight excluding hydrogens is 1110 g/mol. The fourth-order valence-electron chi connectivity index (χ4n) is 6.12. The molecule has 0 amide bonds. The summed E-state index contributed by atoms with van der Waals surface area (Å²) < 4.78 is 202. The van der Waals surface area contributed by atoms with Crippen molar-refractivity contribution in [2.45, 2.75) is 51.3 Å². The first kappa shape index (κ1) is 48.9. The normalized spacial score (nSPS) is 12.2. The van der Waals surface area contributed by atoms with Gasteiger partial charge in [0, 0.05) is 0 Å². The van der Waals surface area contributed by atoms with Gasteiger partial charge in [-0.15, -0.1) is 0 Å². The van der Waals surface area contributed by atoms with E-state index in [0.717, 1.165) is 11.1 Å². The summed E-state index contributed by atoms with van der Waals surface area (Å²) in [6.07, 6.45) is 0. The van der Waals surface area contributed by atoms with Gasteiger partial charge in [0.2, 0.25) is 0 Å². The summed E-state index contributed by atoms with van der Waals surface area (Å²) in [6.45, 7) is 10.6. The van der Waals surface area contributed by atoms with Crippen molar-refractivity contribution in [1.82, 2.24) is 0 Å². The van der Waals surface area contributed by atoms with Gasteiger partial charge in [0.15, 0.2) is 0 Å². The van der Waals surface area contributed by atoms with Crippen molar-refractivity contribution < 1.29 is 65.8 Å². The van der Waals surface area contributed by atoms with E-state index in [0.29, 0.717) is 36.5 Å². The molecule has 0 saturated heterocycles. The summed E-state index contributed by atoms with van der Waals surface area (Å²) in [5.74, 6) is -24.2. The third kappa shape index (κ3) is 9.98. The molecule has 6 rings (SSSR count). The van der Waals surface area contributed by atoms with Crippen LogP contribution in [0.2, 0.25) is 0 Å². The first-order valence-corrected chi connectivity index (χ1v) is 26.4. The summed E-state index contributed by atoms with van der Waals surface area (Å²) >= 11 is -6.84. The Kier molecular flexibility index (Phi) is 15.3. The van der Waals surface area contributed by atoms with Crippen molar-refractivity contribution in [3.05, 3.63) is 191 Å². The first-order chi connectivity index (χ1) is 28.9. The van der Waals surface area contributed by atoms with Gasteiger partial charge in [-0.1, -0.05) is 0 Å². The van der Waals surface area contributed by atoms with E-state index in [2.05, 4.69) is 0 Å². The van der Waals surface area contributed by atoms with Crippen LogP contribution in [0, 0.1) is 114 Å². The Balaban J connectivity index is 0.000000234. The number of halogens is 12. The van der Waals surface area contributed by atoms with Crippen LogP contribution >= 0.6 is 40.5 Å². The van der Waals surface area contributed by atoms with Crippen LogP contribution in [-0.4, -0.2) is 16.8 Å². The van der Waals surface area contributed by atoms with Crippen LogP contribution in [0.4, 0.5) is 43.9 Å². The number of rotatable bonds is 10. The van der Waals surface area contributed by atoms with Gasteiger partial charge in [-0.2, -0.15) is 0 Å². The van der Waals surface area contributed by atoms with E-state index in [1.54, 1.807) is 113 Å². The molecule has 0 aromatic heterocycles. The monoisotopic (exact) mass is 1140 g/mol. The Morgan fingerprint density at radius 2 is 0.597 bits per heavy atom. The van der Waals surface area contributed by atoms with Gasteiger partial charge in [-0.25, -0.2) is 0 Å². The zero-order valence-electron chi connectivity index (χ0n) is 32.9. The molecular formula is C42H32F10I2O6S2. The van der Waals surface area contributed by atoms with Crippen molar-refractivity contribution in [3.8, 4) is 0 Å². The molecule has 6 aromatic carbocycles. The van der Waals surface area contributed by atoms with Crippen molar-refractivity contribution in [1.29, 1.82) is 0 Å². The van der Waals surface area contributed by atoms with E-state index < -0.39 is 129 Å². The molecule has 6 nitrogen and oxygen atoms in total. The van der Waals surface area contributed by atoms with Gasteiger partial charge in [0.05, 0.1) is 0 Å².